The summed E-state index contributed by atoms with van der Waals surface area (Å²) in [5.74, 6) is 0. The fourth-order valence-corrected chi connectivity index (χ4v) is 3.03. The van der Waals surface area contributed by atoms with Gasteiger partial charge in [-0.2, -0.15) is 0 Å². The Labute approximate surface area is 116 Å². The highest BCUT2D eigenvalue weighted by atomic mass is 32.1. The Morgan fingerprint density at radius 3 is 2.84 bits per heavy atom. The molecule has 2 atom stereocenters. The van der Waals surface area contributed by atoms with Crippen molar-refractivity contribution in [3.05, 3.63) is 40.9 Å². The molecular weight excluding hydrogens is 258 g/mol. The van der Waals surface area contributed by atoms with Crippen LogP contribution in [0, 0.1) is 6.92 Å². The van der Waals surface area contributed by atoms with Crippen LogP contribution in [-0.2, 0) is 4.74 Å². The van der Waals surface area contributed by atoms with E-state index in [-0.39, 0.29) is 6.10 Å². The van der Waals surface area contributed by atoms with Crippen molar-refractivity contribution < 1.29 is 4.74 Å². The summed E-state index contributed by atoms with van der Waals surface area (Å²) in [6, 6.07) is 10.8. The first kappa shape index (κ1) is 12.6. The summed E-state index contributed by atoms with van der Waals surface area (Å²) < 4.78 is 5.86. The predicted octanol–water partition coefficient (Wildman–Crippen LogP) is 3.18. The van der Waals surface area contributed by atoms with Gasteiger partial charge in [-0.1, -0.05) is 41.7 Å². The molecule has 1 N–H and O–H groups in total. The monoisotopic (exact) mass is 275 g/mol. The number of nitrogens with one attached hydrogen (secondary N) is 1. The van der Waals surface area contributed by atoms with Crippen molar-refractivity contribution in [1.82, 2.24) is 10.2 Å². The summed E-state index contributed by atoms with van der Waals surface area (Å²) in [5.41, 5.74) is 1.25. The standard InChI is InChI=1S/C14H17N3OS/c1-10-16-17-14(19-10)15-12-7-8-18-13(9-12)11-5-3-2-4-6-11/h2-6,12-13H,7-9H2,1H3,(H,15,17). The van der Waals surface area contributed by atoms with E-state index < -0.39 is 0 Å². The summed E-state index contributed by atoms with van der Waals surface area (Å²) >= 11 is 1.60. The molecule has 3 rings (SSSR count). The van der Waals surface area contributed by atoms with Crippen LogP contribution in [0.1, 0.15) is 29.5 Å². The molecule has 1 aromatic heterocycles. The summed E-state index contributed by atoms with van der Waals surface area (Å²) in [6.45, 7) is 2.76. The Bertz CT molecular complexity index is 528. The highest BCUT2D eigenvalue weighted by molar-refractivity contribution is 7.15. The van der Waals surface area contributed by atoms with Gasteiger partial charge in [-0.05, 0) is 25.3 Å². The molecule has 4 nitrogen and oxygen atoms in total. The van der Waals surface area contributed by atoms with Crippen molar-refractivity contribution in [3.8, 4) is 0 Å². The molecule has 0 saturated carbocycles. The molecule has 1 aliphatic rings. The summed E-state index contributed by atoms with van der Waals surface area (Å²) in [6.07, 6.45) is 2.17. The first-order valence-electron chi connectivity index (χ1n) is 6.54. The molecule has 0 aliphatic carbocycles. The van der Waals surface area contributed by atoms with Crippen LogP contribution < -0.4 is 5.32 Å². The molecule has 0 amide bonds. The van der Waals surface area contributed by atoms with Gasteiger partial charge in [0.1, 0.15) is 5.01 Å². The second-order valence-corrected chi connectivity index (χ2v) is 5.94. The van der Waals surface area contributed by atoms with Crippen LogP contribution in [0.3, 0.4) is 0 Å². The Hall–Kier alpha value is -1.46. The third-order valence-electron chi connectivity index (χ3n) is 3.31. The predicted molar refractivity (Wildman–Crippen MR) is 76.4 cm³/mol. The summed E-state index contributed by atoms with van der Waals surface area (Å²) in [5, 5.41) is 13.5. The molecule has 100 valence electrons. The average Bonchev–Trinajstić information content (AvgIpc) is 2.85. The highest BCUT2D eigenvalue weighted by Gasteiger charge is 2.24. The zero-order valence-electron chi connectivity index (χ0n) is 10.9. The summed E-state index contributed by atoms with van der Waals surface area (Å²) in [7, 11) is 0. The fourth-order valence-electron chi connectivity index (χ4n) is 2.36. The van der Waals surface area contributed by atoms with Gasteiger partial charge in [0.25, 0.3) is 0 Å². The molecule has 2 unspecified atom stereocenters. The third-order valence-corrected chi connectivity index (χ3v) is 4.08. The minimum atomic E-state index is 0.182. The number of aromatic nitrogens is 2. The molecule has 5 heteroatoms. The first-order valence-corrected chi connectivity index (χ1v) is 7.36. The largest absolute Gasteiger partial charge is 0.373 e. The maximum Gasteiger partial charge on any atom is 0.205 e. The lowest BCUT2D eigenvalue weighted by Gasteiger charge is -2.30. The number of aryl methyl sites for hydroxylation is 1. The van der Waals surface area contributed by atoms with Gasteiger partial charge >= 0.3 is 0 Å². The molecule has 0 radical (unpaired) electrons. The number of ether oxygens (including phenoxy) is 1. The maximum atomic E-state index is 5.86. The SMILES string of the molecule is Cc1nnc(NC2CCOC(c3ccccc3)C2)s1. The van der Waals surface area contributed by atoms with Crippen LogP contribution in [0.25, 0.3) is 0 Å². The second-order valence-electron chi connectivity index (χ2n) is 4.76. The van der Waals surface area contributed by atoms with Gasteiger partial charge in [-0.25, -0.2) is 0 Å². The van der Waals surface area contributed by atoms with Gasteiger partial charge in [0, 0.05) is 12.6 Å². The topological polar surface area (TPSA) is 47.0 Å². The fraction of sp³-hybridized carbons (Fsp3) is 0.429. The van der Waals surface area contributed by atoms with E-state index in [1.165, 1.54) is 5.56 Å². The van der Waals surface area contributed by atoms with E-state index in [9.17, 15) is 0 Å². The van der Waals surface area contributed by atoms with Gasteiger partial charge in [-0.3, -0.25) is 0 Å². The van der Waals surface area contributed by atoms with E-state index in [0.29, 0.717) is 6.04 Å². The Morgan fingerprint density at radius 2 is 2.11 bits per heavy atom. The smallest absolute Gasteiger partial charge is 0.205 e. The van der Waals surface area contributed by atoms with E-state index >= 15 is 0 Å². The average molecular weight is 275 g/mol. The van der Waals surface area contributed by atoms with Gasteiger partial charge < -0.3 is 10.1 Å². The van der Waals surface area contributed by atoms with E-state index in [4.69, 9.17) is 4.74 Å². The van der Waals surface area contributed by atoms with Crippen LogP contribution in [0.2, 0.25) is 0 Å². The minimum Gasteiger partial charge on any atom is -0.373 e. The molecule has 0 bridgehead atoms. The van der Waals surface area contributed by atoms with Crippen molar-refractivity contribution in [2.45, 2.75) is 31.9 Å². The van der Waals surface area contributed by atoms with Crippen LogP contribution in [-0.4, -0.2) is 22.8 Å². The van der Waals surface area contributed by atoms with Gasteiger partial charge in [-0.15, -0.1) is 10.2 Å². The lowest BCUT2D eigenvalue weighted by atomic mass is 9.98. The summed E-state index contributed by atoms with van der Waals surface area (Å²) in [4.78, 5) is 0. The van der Waals surface area contributed by atoms with E-state index in [1.54, 1.807) is 11.3 Å². The molecule has 1 aromatic carbocycles. The molecule has 2 heterocycles. The number of nitrogens with zero attached hydrogens (tertiary/aromatic N) is 2. The Balaban J connectivity index is 1.65. The second kappa shape index (κ2) is 5.67. The van der Waals surface area contributed by atoms with Crippen molar-refractivity contribution >= 4 is 16.5 Å². The first-order chi connectivity index (χ1) is 9.31. The number of hydrogen-bond donors (Lipinski definition) is 1. The lowest BCUT2D eigenvalue weighted by Crippen LogP contribution is -2.30. The van der Waals surface area contributed by atoms with E-state index in [0.717, 1.165) is 29.6 Å². The quantitative estimate of drug-likeness (QED) is 0.934. The zero-order chi connectivity index (χ0) is 13.1. The number of hydrogen-bond acceptors (Lipinski definition) is 5. The van der Waals surface area contributed by atoms with Crippen LogP contribution in [0.4, 0.5) is 5.13 Å². The van der Waals surface area contributed by atoms with Gasteiger partial charge in [0.2, 0.25) is 5.13 Å². The van der Waals surface area contributed by atoms with Gasteiger partial charge in [0.15, 0.2) is 0 Å². The van der Waals surface area contributed by atoms with Crippen LogP contribution in [0.15, 0.2) is 30.3 Å². The lowest BCUT2D eigenvalue weighted by molar-refractivity contribution is 0.00979. The molecular formula is C14H17N3OS. The minimum absolute atomic E-state index is 0.182. The van der Waals surface area contributed by atoms with E-state index in [2.05, 4.69) is 39.8 Å². The molecule has 1 aliphatic heterocycles. The number of benzene rings is 1. The van der Waals surface area contributed by atoms with Crippen LogP contribution in [0.5, 0.6) is 0 Å². The molecule has 0 spiro atoms. The van der Waals surface area contributed by atoms with Crippen molar-refractivity contribution in [3.63, 3.8) is 0 Å². The highest BCUT2D eigenvalue weighted by Crippen LogP contribution is 2.30. The molecule has 1 saturated heterocycles. The van der Waals surface area contributed by atoms with Crippen molar-refractivity contribution in [2.75, 3.05) is 11.9 Å². The van der Waals surface area contributed by atoms with Crippen LogP contribution >= 0.6 is 11.3 Å². The van der Waals surface area contributed by atoms with Crippen molar-refractivity contribution in [1.29, 1.82) is 0 Å². The maximum absolute atomic E-state index is 5.86. The normalized spacial score (nSPS) is 23.2. The Kier molecular flexibility index (Phi) is 3.75. The van der Waals surface area contributed by atoms with Gasteiger partial charge in [0.05, 0.1) is 6.10 Å². The van der Waals surface area contributed by atoms with Crippen molar-refractivity contribution in [2.24, 2.45) is 0 Å². The zero-order valence-corrected chi connectivity index (χ0v) is 11.7. The van der Waals surface area contributed by atoms with E-state index in [1.807, 2.05) is 13.0 Å². The molecule has 1 fully saturated rings. The molecule has 2 aromatic rings. The Morgan fingerprint density at radius 1 is 1.26 bits per heavy atom. The number of rotatable bonds is 3. The molecule has 19 heavy (non-hydrogen) atoms. The third kappa shape index (κ3) is 3.11. The number of anilines is 1.